The van der Waals surface area contributed by atoms with Gasteiger partial charge >= 0.3 is 5.69 Å². The Kier molecular flexibility index (Phi) is 4.68. The van der Waals surface area contributed by atoms with Crippen LogP contribution in [0.1, 0.15) is 0 Å². The predicted octanol–water partition coefficient (Wildman–Crippen LogP) is -0.377. The zero-order valence-corrected chi connectivity index (χ0v) is 11.9. The van der Waals surface area contributed by atoms with Gasteiger partial charge in [-0.05, 0) is 12.1 Å². The van der Waals surface area contributed by atoms with Crippen molar-refractivity contribution in [1.29, 1.82) is 0 Å². The SMILES string of the molecule is CS(=O)(=O)CCNS(=O)(=O)c1ccc(O)c([N+](=O)[O-])c1. The van der Waals surface area contributed by atoms with Crippen LogP contribution in [0, 0.1) is 10.1 Å². The maximum absolute atomic E-state index is 11.8. The second-order valence-electron chi connectivity index (χ2n) is 3.94. The Morgan fingerprint density at radius 3 is 2.40 bits per heavy atom. The molecule has 0 aliphatic rings. The quantitative estimate of drug-likeness (QED) is 0.536. The lowest BCUT2D eigenvalue weighted by Gasteiger charge is -2.06. The van der Waals surface area contributed by atoms with Gasteiger partial charge in [0.15, 0.2) is 5.75 Å². The van der Waals surface area contributed by atoms with E-state index < -0.39 is 46.9 Å². The number of nitrogens with one attached hydrogen (secondary N) is 1. The Morgan fingerprint density at radius 2 is 1.90 bits per heavy atom. The van der Waals surface area contributed by atoms with E-state index in [-0.39, 0.29) is 6.54 Å². The number of phenols is 1. The summed E-state index contributed by atoms with van der Waals surface area (Å²) >= 11 is 0. The van der Waals surface area contributed by atoms with Crippen LogP contribution in [-0.2, 0) is 19.9 Å². The van der Waals surface area contributed by atoms with Crippen molar-refractivity contribution >= 4 is 25.5 Å². The molecule has 1 aromatic carbocycles. The van der Waals surface area contributed by atoms with Gasteiger partial charge in [0, 0.05) is 18.9 Å². The van der Waals surface area contributed by atoms with Crippen molar-refractivity contribution in [3.63, 3.8) is 0 Å². The number of rotatable bonds is 6. The van der Waals surface area contributed by atoms with E-state index in [4.69, 9.17) is 0 Å². The first-order valence-electron chi connectivity index (χ1n) is 5.18. The lowest BCUT2D eigenvalue weighted by molar-refractivity contribution is -0.386. The number of hydrogen-bond donors (Lipinski definition) is 2. The topological polar surface area (TPSA) is 144 Å². The van der Waals surface area contributed by atoms with E-state index in [9.17, 15) is 32.1 Å². The molecule has 0 saturated heterocycles. The van der Waals surface area contributed by atoms with E-state index in [1.54, 1.807) is 0 Å². The monoisotopic (exact) mass is 324 g/mol. The molecule has 0 aliphatic heterocycles. The van der Waals surface area contributed by atoms with Crippen LogP contribution in [0.2, 0.25) is 0 Å². The summed E-state index contributed by atoms with van der Waals surface area (Å²) in [6, 6.07) is 2.55. The first-order chi connectivity index (χ1) is 9.03. The summed E-state index contributed by atoms with van der Waals surface area (Å²) in [6.07, 6.45) is 0.951. The van der Waals surface area contributed by atoms with Crippen molar-refractivity contribution in [1.82, 2.24) is 4.72 Å². The molecule has 0 fully saturated rings. The molecule has 0 spiro atoms. The van der Waals surface area contributed by atoms with E-state index in [2.05, 4.69) is 0 Å². The van der Waals surface area contributed by atoms with Gasteiger partial charge in [-0.25, -0.2) is 21.6 Å². The third-order valence-corrected chi connectivity index (χ3v) is 4.62. The number of aromatic hydroxyl groups is 1. The van der Waals surface area contributed by atoms with Crippen molar-refractivity contribution in [3.05, 3.63) is 28.3 Å². The van der Waals surface area contributed by atoms with Gasteiger partial charge in [-0.1, -0.05) is 0 Å². The van der Waals surface area contributed by atoms with E-state index in [0.717, 1.165) is 18.4 Å². The number of nitro groups is 1. The number of nitrogens with zero attached hydrogens (tertiary/aromatic N) is 1. The smallest absolute Gasteiger partial charge is 0.312 e. The molecule has 2 N–H and O–H groups in total. The van der Waals surface area contributed by atoms with Crippen molar-refractivity contribution in [2.45, 2.75) is 4.90 Å². The van der Waals surface area contributed by atoms with Gasteiger partial charge in [0.1, 0.15) is 9.84 Å². The van der Waals surface area contributed by atoms with Crippen LogP contribution in [0.15, 0.2) is 23.1 Å². The molecular formula is C9H12N2O7S2. The van der Waals surface area contributed by atoms with Crippen molar-refractivity contribution in [2.75, 3.05) is 18.6 Å². The van der Waals surface area contributed by atoms with Gasteiger partial charge in [-0.15, -0.1) is 0 Å². The fraction of sp³-hybridized carbons (Fsp3) is 0.333. The number of hydrogen-bond acceptors (Lipinski definition) is 7. The van der Waals surface area contributed by atoms with Crippen LogP contribution in [-0.4, -0.2) is 45.4 Å². The zero-order chi connectivity index (χ0) is 15.6. The molecule has 20 heavy (non-hydrogen) atoms. The minimum absolute atomic E-state index is 0.351. The van der Waals surface area contributed by atoms with Crippen LogP contribution >= 0.6 is 0 Å². The van der Waals surface area contributed by atoms with E-state index in [1.165, 1.54) is 0 Å². The summed E-state index contributed by atoms with van der Waals surface area (Å²) in [5.41, 5.74) is -0.754. The molecule has 0 amide bonds. The maximum atomic E-state index is 11.8. The molecule has 112 valence electrons. The maximum Gasteiger partial charge on any atom is 0.312 e. The first kappa shape index (κ1) is 16.3. The van der Waals surface area contributed by atoms with Crippen LogP contribution in [0.3, 0.4) is 0 Å². The van der Waals surface area contributed by atoms with E-state index in [1.807, 2.05) is 4.72 Å². The highest BCUT2D eigenvalue weighted by molar-refractivity contribution is 7.91. The third-order valence-electron chi connectivity index (χ3n) is 2.22. The summed E-state index contributed by atoms with van der Waals surface area (Å²) in [5, 5.41) is 19.8. The van der Waals surface area contributed by atoms with Crippen molar-refractivity contribution in [2.24, 2.45) is 0 Å². The number of phenolic OH excluding ortho intramolecular Hbond substituents is 1. The summed E-state index contributed by atoms with van der Waals surface area (Å²) < 4.78 is 47.4. The average Bonchev–Trinajstić information content (AvgIpc) is 2.26. The van der Waals surface area contributed by atoms with Crippen molar-refractivity contribution in [3.8, 4) is 5.75 Å². The Morgan fingerprint density at radius 1 is 1.30 bits per heavy atom. The van der Waals surface area contributed by atoms with Gasteiger partial charge in [0.2, 0.25) is 10.0 Å². The van der Waals surface area contributed by atoms with Gasteiger partial charge in [0.05, 0.1) is 15.6 Å². The molecule has 1 rings (SSSR count). The molecule has 0 atom stereocenters. The van der Waals surface area contributed by atoms with Crippen LogP contribution in [0.4, 0.5) is 5.69 Å². The lowest BCUT2D eigenvalue weighted by Crippen LogP contribution is -2.28. The van der Waals surface area contributed by atoms with Crippen LogP contribution in [0.5, 0.6) is 5.75 Å². The Balaban J connectivity index is 2.99. The standard InChI is InChI=1S/C9H12N2O7S2/c1-19(15,16)5-4-10-20(17,18)7-2-3-9(12)8(6-7)11(13)14/h2-3,6,10,12H,4-5H2,1H3. The van der Waals surface area contributed by atoms with Gasteiger partial charge in [0.25, 0.3) is 0 Å². The largest absolute Gasteiger partial charge is 0.502 e. The van der Waals surface area contributed by atoms with Gasteiger partial charge in [-0.2, -0.15) is 0 Å². The zero-order valence-electron chi connectivity index (χ0n) is 10.3. The molecule has 0 radical (unpaired) electrons. The molecule has 0 aliphatic carbocycles. The molecule has 11 heteroatoms. The molecule has 0 aromatic heterocycles. The molecule has 0 heterocycles. The Labute approximate surface area is 115 Å². The van der Waals surface area contributed by atoms with E-state index in [0.29, 0.717) is 6.07 Å². The van der Waals surface area contributed by atoms with Gasteiger partial charge < -0.3 is 5.11 Å². The summed E-state index contributed by atoms with van der Waals surface area (Å²) in [5.74, 6) is -1.06. The minimum atomic E-state index is -4.09. The Bertz CT molecular complexity index is 725. The Hall–Kier alpha value is -1.72. The summed E-state index contributed by atoms with van der Waals surface area (Å²) in [7, 11) is -7.42. The number of sulfonamides is 1. The number of benzene rings is 1. The fourth-order valence-electron chi connectivity index (χ4n) is 1.26. The van der Waals surface area contributed by atoms with Crippen LogP contribution in [0.25, 0.3) is 0 Å². The van der Waals surface area contributed by atoms with Crippen molar-refractivity contribution < 1.29 is 26.9 Å². The molecule has 0 bridgehead atoms. The van der Waals surface area contributed by atoms with Crippen LogP contribution < -0.4 is 4.72 Å². The molecule has 9 nitrogen and oxygen atoms in total. The van der Waals surface area contributed by atoms with E-state index >= 15 is 0 Å². The minimum Gasteiger partial charge on any atom is -0.502 e. The second-order valence-corrected chi connectivity index (χ2v) is 7.96. The average molecular weight is 324 g/mol. The normalized spacial score (nSPS) is 12.2. The molecule has 1 aromatic rings. The number of nitro benzene ring substituents is 1. The first-order valence-corrected chi connectivity index (χ1v) is 8.72. The second kappa shape index (κ2) is 5.73. The molecular weight excluding hydrogens is 312 g/mol. The number of sulfone groups is 1. The molecule has 0 saturated carbocycles. The predicted molar refractivity (Wildman–Crippen MR) is 69.7 cm³/mol. The lowest BCUT2D eigenvalue weighted by atomic mass is 10.3. The highest BCUT2D eigenvalue weighted by Gasteiger charge is 2.21. The highest BCUT2D eigenvalue weighted by atomic mass is 32.2. The third kappa shape index (κ3) is 4.43. The fourth-order valence-corrected chi connectivity index (χ4v) is 2.91. The summed E-state index contributed by atoms with van der Waals surface area (Å²) in [4.78, 5) is 9.24. The summed E-state index contributed by atoms with van der Waals surface area (Å²) in [6.45, 7) is -0.351. The molecule has 0 unspecified atom stereocenters. The highest BCUT2D eigenvalue weighted by Crippen LogP contribution is 2.27. The van der Waals surface area contributed by atoms with Gasteiger partial charge in [-0.3, -0.25) is 10.1 Å².